The molecule has 0 unspecified atom stereocenters. The Bertz CT molecular complexity index is 680. The second-order valence-corrected chi connectivity index (χ2v) is 5.06. The summed E-state index contributed by atoms with van der Waals surface area (Å²) in [5, 5.41) is 2.94. The molecule has 0 heterocycles. The molecule has 116 valence electrons. The zero-order valence-electron chi connectivity index (χ0n) is 13.4. The number of hydrogen-bond donors (Lipinski definition) is 1. The minimum atomic E-state index is -0.148. The van der Waals surface area contributed by atoms with Crippen LogP contribution in [-0.4, -0.2) is 20.1 Å². The fourth-order valence-electron chi connectivity index (χ4n) is 2.37. The fourth-order valence-corrected chi connectivity index (χ4v) is 2.37. The number of carbonyl (C=O) groups is 1. The normalized spacial score (nSPS) is 10.2. The molecule has 22 heavy (non-hydrogen) atoms. The summed E-state index contributed by atoms with van der Waals surface area (Å²) in [7, 11) is 3.22. The van der Waals surface area contributed by atoms with E-state index in [1.54, 1.807) is 26.4 Å². The molecular weight excluding hydrogens is 278 g/mol. The van der Waals surface area contributed by atoms with Crippen molar-refractivity contribution in [2.24, 2.45) is 0 Å². The maximum Gasteiger partial charge on any atom is 0.255 e. The summed E-state index contributed by atoms with van der Waals surface area (Å²) in [6.07, 6.45) is 0. The van der Waals surface area contributed by atoms with E-state index in [9.17, 15) is 4.79 Å². The van der Waals surface area contributed by atoms with Crippen LogP contribution in [-0.2, 0) is 6.54 Å². The third kappa shape index (κ3) is 3.22. The van der Waals surface area contributed by atoms with Crippen molar-refractivity contribution in [3.8, 4) is 11.5 Å². The molecule has 4 nitrogen and oxygen atoms in total. The van der Waals surface area contributed by atoms with Crippen molar-refractivity contribution in [3.05, 3.63) is 58.7 Å². The number of methoxy groups -OCH3 is 2. The maximum atomic E-state index is 12.3. The molecule has 0 fully saturated rings. The van der Waals surface area contributed by atoms with Gasteiger partial charge in [-0.15, -0.1) is 0 Å². The highest BCUT2D eigenvalue weighted by Crippen LogP contribution is 2.24. The molecule has 0 spiro atoms. The number of para-hydroxylation sites is 1. The Hall–Kier alpha value is -2.49. The van der Waals surface area contributed by atoms with E-state index < -0.39 is 0 Å². The molecule has 2 rings (SSSR count). The monoisotopic (exact) mass is 299 g/mol. The first kappa shape index (κ1) is 15.9. The number of nitrogens with one attached hydrogen (secondary N) is 1. The molecule has 0 aliphatic rings. The van der Waals surface area contributed by atoms with Crippen LogP contribution in [0.3, 0.4) is 0 Å². The molecule has 0 bridgehead atoms. The lowest BCUT2D eigenvalue weighted by Gasteiger charge is -2.14. The number of hydrogen-bond acceptors (Lipinski definition) is 3. The average Bonchev–Trinajstić information content (AvgIpc) is 2.56. The van der Waals surface area contributed by atoms with Gasteiger partial charge in [0.2, 0.25) is 0 Å². The maximum absolute atomic E-state index is 12.3. The van der Waals surface area contributed by atoms with E-state index in [2.05, 4.69) is 5.32 Å². The van der Waals surface area contributed by atoms with Crippen LogP contribution in [0.1, 0.15) is 27.0 Å². The second kappa shape index (κ2) is 6.98. The van der Waals surface area contributed by atoms with Gasteiger partial charge in [0.15, 0.2) is 0 Å². The van der Waals surface area contributed by atoms with Gasteiger partial charge in [-0.1, -0.05) is 18.2 Å². The Kier molecular flexibility index (Phi) is 5.04. The summed E-state index contributed by atoms with van der Waals surface area (Å²) in [6.45, 7) is 4.51. The van der Waals surface area contributed by atoms with E-state index in [1.807, 2.05) is 38.1 Å². The summed E-state index contributed by atoms with van der Waals surface area (Å²) >= 11 is 0. The van der Waals surface area contributed by atoms with Gasteiger partial charge in [0, 0.05) is 6.54 Å². The summed E-state index contributed by atoms with van der Waals surface area (Å²) in [5.41, 5.74) is 3.82. The number of benzene rings is 2. The van der Waals surface area contributed by atoms with E-state index in [1.165, 1.54) is 0 Å². The SMILES string of the molecule is COc1ccccc1C(=O)NCc1ccc(OC)c(C)c1C. The number of amides is 1. The van der Waals surface area contributed by atoms with E-state index in [0.717, 1.165) is 22.4 Å². The van der Waals surface area contributed by atoms with Crippen molar-refractivity contribution in [1.29, 1.82) is 0 Å². The topological polar surface area (TPSA) is 47.6 Å². The largest absolute Gasteiger partial charge is 0.496 e. The minimum Gasteiger partial charge on any atom is -0.496 e. The number of rotatable bonds is 5. The van der Waals surface area contributed by atoms with Gasteiger partial charge < -0.3 is 14.8 Å². The molecule has 0 atom stereocenters. The molecule has 0 saturated heterocycles. The molecule has 2 aromatic rings. The van der Waals surface area contributed by atoms with Gasteiger partial charge in [-0.05, 0) is 48.7 Å². The molecule has 0 radical (unpaired) electrons. The molecule has 1 N–H and O–H groups in total. The Morgan fingerprint density at radius 2 is 1.64 bits per heavy atom. The predicted octanol–water partition coefficient (Wildman–Crippen LogP) is 3.25. The average molecular weight is 299 g/mol. The molecule has 0 aliphatic carbocycles. The van der Waals surface area contributed by atoms with Gasteiger partial charge in [-0.2, -0.15) is 0 Å². The Labute approximate surface area is 131 Å². The van der Waals surface area contributed by atoms with E-state index >= 15 is 0 Å². The molecule has 4 heteroatoms. The van der Waals surface area contributed by atoms with Crippen LogP contribution in [0.25, 0.3) is 0 Å². The predicted molar refractivity (Wildman–Crippen MR) is 86.6 cm³/mol. The van der Waals surface area contributed by atoms with Gasteiger partial charge in [0.25, 0.3) is 5.91 Å². The second-order valence-electron chi connectivity index (χ2n) is 5.06. The molecule has 0 aromatic heterocycles. The Morgan fingerprint density at radius 1 is 0.955 bits per heavy atom. The highest BCUT2D eigenvalue weighted by atomic mass is 16.5. The van der Waals surface area contributed by atoms with Gasteiger partial charge in [-0.25, -0.2) is 0 Å². The lowest BCUT2D eigenvalue weighted by atomic mass is 10.0. The van der Waals surface area contributed by atoms with Gasteiger partial charge in [0.05, 0.1) is 19.8 Å². The van der Waals surface area contributed by atoms with Gasteiger partial charge >= 0.3 is 0 Å². The number of carbonyl (C=O) groups excluding carboxylic acids is 1. The first-order valence-corrected chi connectivity index (χ1v) is 7.12. The third-order valence-electron chi connectivity index (χ3n) is 3.86. The van der Waals surface area contributed by atoms with Crippen molar-refractivity contribution in [2.75, 3.05) is 14.2 Å². The van der Waals surface area contributed by atoms with Crippen LogP contribution in [0.5, 0.6) is 11.5 Å². The first-order valence-electron chi connectivity index (χ1n) is 7.12. The van der Waals surface area contributed by atoms with Crippen LogP contribution >= 0.6 is 0 Å². The van der Waals surface area contributed by atoms with Gasteiger partial charge in [0.1, 0.15) is 11.5 Å². The van der Waals surface area contributed by atoms with Crippen molar-refractivity contribution in [1.82, 2.24) is 5.32 Å². The molecule has 2 aromatic carbocycles. The molecule has 1 amide bonds. The summed E-state index contributed by atoms with van der Waals surface area (Å²) in [4.78, 5) is 12.3. The van der Waals surface area contributed by atoms with Crippen LogP contribution in [0, 0.1) is 13.8 Å². The first-order chi connectivity index (χ1) is 10.6. The lowest BCUT2D eigenvalue weighted by Crippen LogP contribution is -2.23. The van der Waals surface area contributed by atoms with E-state index in [4.69, 9.17) is 9.47 Å². The van der Waals surface area contributed by atoms with Gasteiger partial charge in [-0.3, -0.25) is 4.79 Å². The standard InChI is InChI=1S/C18H21NO3/c1-12-13(2)16(21-3)10-9-14(12)11-19-18(20)15-7-5-6-8-17(15)22-4/h5-10H,11H2,1-4H3,(H,19,20). The Morgan fingerprint density at radius 3 is 2.32 bits per heavy atom. The minimum absolute atomic E-state index is 0.148. The summed E-state index contributed by atoms with van der Waals surface area (Å²) in [6, 6.07) is 11.1. The zero-order valence-corrected chi connectivity index (χ0v) is 13.4. The quantitative estimate of drug-likeness (QED) is 0.922. The van der Waals surface area contributed by atoms with Crippen molar-refractivity contribution < 1.29 is 14.3 Å². The highest BCUT2D eigenvalue weighted by Gasteiger charge is 2.12. The van der Waals surface area contributed by atoms with E-state index in [-0.39, 0.29) is 5.91 Å². The number of ether oxygens (including phenoxy) is 2. The van der Waals surface area contributed by atoms with Crippen LogP contribution in [0.2, 0.25) is 0 Å². The van der Waals surface area contributed by atoms with Crippen molar-refractivity contribution in [3.63, 3.8) is 0 Å². The zero-order chi connectivity index (χ0) is 16.1. The van der Waals surface area contributed by atoms with Crippen molar-refractivity contribution >= 4 is 5.91 Å². The van der Waals surface area contributed by atoms with Crippen LogP contribution < -0.4 is 14.8 Å². The Balaban J connectivity index is 2.13. The van der Waals surface area contributed by atoms with Crippen LogP contribution in [0.4, 0.5) is 0 Å². The fraction of sp³-hybridized carbons (Fsp3) is 0.278. The lowest BCUT2D eigenvalue weighted by molar-refractivity contribution is 0.0948. The smallest absolute Gasteiger partial charge is 0.255 e. The third-order valence-corrected chi connectivity index (χ3v) is 3.86. The molecule has 0 saturated carbocycles. The van der Waals surface area contributed by atoms with Crippen molar-refractivity contribution in [2.45, 2.75) is 20.4 Å². The summed E-state index contributed by atoms with van der Waals surface area (Å²) in [5.74, 6) is 1.28. The van der Waals surface area contributed by atoms with E-state index in [0.29, 0.717) is 17.9 Å². The molecular formula is C18H21NO3. The molecule has 0 aliphatic heterocycles. The summed E-state index contributed by atoms with van der Waals surface area (Å²) < 4.78 is 10.5. The highest BCUT2D eigenvalue weighted by molar-refractivity contribution is 5.96. The van der Waals surface area contributed by atoms with Crippen LogP contribution in [0.15, 0.2) is 36.4 Å².